The smallest absolute Gasteiger partial charge is 0.305 e. The van der Waals surface area contributed by atoms with Crippen molar-refractivity contribution in [1.82, 2.24) is 9.88 Å². The molecule has 1 aromatic heterocycles. The third-order valence-corrected chi connectivity index (χ3v) is 3.38. The average Bonchev–Trinajstić information content (AvgIpc) is 2.76. The van der Waals surface area contributed by atoms with Crippen LogP contribution in [-0.4, -0.2) is 39.5 Å². The monoisotopic (exact) mass is 268 g/mol. The lowest BCUT2D eigenvalue weighted by Gasteiger charge is -2.23. The molecule has 1 aromatic rings. The Labute approximate surface area is 109 Å². The van der Waals surface area contributed by atoms with Crippen LogP contribution in [0.5, 0.6) is 0 Å². The van der Waals surface area contributed by atoms with E-state index in [-0.39, 0.29) is 18.4 Å². The Hall–Kier alpha value is -1.62. The van der Waals surface area contributed by atoms with Crippen molar-refractivity contribution in [2.24, 2.45) is 0 Å². The zero-order valence-corrected chi connectivity index (χ0v) is 10.4. The first-order chi connectivity index (χ1) is 8.59. The second-order valence-electron chi connectivity index (χ2n) is 4.25. The standard InChI is InChI=1S/C12H13ClN2O3/c13-10-3-4-14-7-9(10)12(18)15-5-1-2-8(15)6-11(16)17/h3-4,7-8H,1-2,5-6H2,(H,16,17). The lowest BCUT2D eigenvalue weighted by atomic mass is 10.1. The summed E-state index contributed by atoms with van der Waals surface area (Å²) >= 11 is 5.95. The maximum Gasteiger partial charge on any atom is 0.305 e. The second-order valence-corrected chi connectivity index (χ2v) is 4.66. The number of carboxylic acid groups (broad SMARTS) is 1. The molecule has 1 aliphatic rings. The first-order valence-electron chi connectivity index (χ1n) is 5.72. The van der Waals surface area contributed by atoms with Crippen LogP contribution in [-0.2, 0) is 4.79 Å². The van der Waals surface area contributed by atoms with Gasteiger partial charge in [-0.3, -0.25) is 14.6 Å². The molecule has 1 fully saturated rings. The molecule has 18 heavy (non-hydrogen) atoms. The van der Waals surface area contributed by atoms with E-state index in [1.807, 2.05) is 0 Å². The highest BCUT2D eigenvalue weighted by atomic mass is 35.5. The number of pyridine rings is 1. The number of halogens is 1. The number of hydrogen-bond donors (Lipinski definition) is 1. The zero-order valence-electron chi connectivity index (χ0n) is 9.67. The topological polar surface area (TPSA) is 70.5 Å². The van der Waals surface area contributed by atoms with E-state index in [0.717, 1.165) is 12.8 Å². The van der Waals surface area contributed by atoms with Gasteiger partial charge in [-0.25, -0.2) is 0 Å². The van der Waals surface area contributed by atoms with E-state index < -0.39 is 5.97 Å². The SMILES string of the molecule is O=C(O)CC1CCCN1C(=O)c1cnccc1Cl. The number of likely N-dealkylation sites (tertiary alicyclic amines) is 1. The Balaban J connectivity index is 2.18. The molecule has 2 rings (SSSR count). The van der Waals surface area contributed by atoms with E-state index in [4.69, 9.17) is 16.7 Å². The zero-order chi connectivity index (χ0) is 13.1. The predicted octanol–water partition coefficient (Wildman–Crippen LogP) is 1.81. The van der Waals surface area contributed by atoms with Crippen LogP contribution in [0.2, 0.25) is 5.02 Å². The molecule has 96 valence electrons. The Morgan fingerprint density at radius 3 is 3.00 bits per heavy atom. The largest absolute Gasteiger partial charge is 0.481 e. The minimum atomic E-state index is -0.892. The molecular formula is C12H13ClN2O3. The van der Waals surface area contributed by atoms with Crippen LogP contribution in [0.15, 0.2) is 18.5 Å². The number of rotatable bonds is 3. The maximum atomic E-state index is 12.3. The highest BCUT2D eigenvalue weighted by molar-refractivity contribution is 6.33. The number of nitrogens with zero attached hydrogens (tertiary/aromatic N) is 2. The summed E-state index contributed by atoms with van der Waals surface area (Å²) in [5.41, 5.74) is 0.330. The van der Waals surface area contributed by atoms with E-state index in [2.05, 4.69) is 4.98 Å². The molecular weight excluding hydrogens is 256 g/mol. The summed E-state index contributed by atoms with van der Waals surface area (Å²) < 4.78 is 0. The van der Waals surface area contributed by atoms with Crippen molar-refractivity contribution in [2.45, 2.75) is 25.3 Å². The number of carbonyl (C=O) groups is 2. The molecule has 0 saturated carbocycles. The molecule has 5 nitrogen and oxygen atoms in total. The summed E-state index contributed by atoms with van der Waals surface area (Å²) in [5, 5.41) is 9.17. The van der Waals surface area contributed by atoms with Gasteiger partial charge in [0.25, 0.3) is 5.91 Å². The van der Waals surface area contributed by atoms with Crippen molar-refractivity contribution >= 4 is 23.5 Å². The fraction of sp³-hybridized carbons (Fsp3) is 0.417. The van der Waals surface area contributed by atoms with Crippen molar-refractivity contribution in [3.05, 3.63) is 29.0 Å². The fourth-order valence-corrected chi connectivity index (χ4v) is 2.39. The number of carbonyl (C=O) groups excluding carboxylic acids is 1. The van der Waals surface area contributed by atoms with Crippen LogP contribution in [0.25, 0.3) is 0 Å². The van der Waals surface area contributed by atoms with Gasteiger partial charge in [-0.1, -0.05) is 11.6 Å². The molecule has 1 atom stereocenters. The van der Waals surface area contributed by atoms with Crippen molar-refractivity contribution in [1.29, 1.82) is 0 Å². The van der Waals surface area contributed by atoms with Crippen LogP contribution in [0.4, 0.5) is 0 Å². The van der Waals surface area contributed by atoms with Crippen molar-refractivity contribution in [3.8, 4) is 0 Å². The van der Waals surface area contributed by atoms with E-state index in [0.29, 0.717) is 17.1 Å². The predicted molar refractivity (Wildman–Crippen MR) is 65.6 cm³/mol. The second kappa shape index (κ2) is 5.35. The highest BCUT2D eigenvalue weighted by Gasteiger charge is 2.31. The van der Waals surface area contributed by atoms with E-state index in [1.54, 1.807) is 11.0 Å². The minimum Gasteiger partial charge on any atom is -0.481 e. The van der Waals surface area contributed by atoms with Crippen molar-refractivity contribution < 1.29 is 14.7 Å². The van der Waals surface area contributed by atoms with Crippen LogP contribution in [0, 0.1) is 0 Å². The fourth-order valence-electron chi connectivity index (χ4n) is 2.21. The maximum absolute atomic E-state index is 12.3. The molecule has 0 aliphatic carbocycles. The quantitative estimate of drug-likeness (QED) is 0.908. The van der Waals surface area contributed by atoms with Crippen LogP contribution in [0.3, 0.4) is 0 Å². The van der Waals surface area contributed by atoms with Gasteiger partial charge in [-0.2, -0.15) is 0 Å². The van der Waals surface area contributed by atoms with Gasteiger partial charge in [0.1, 0.15) is 0 Å². The van der Waals surface area contributed by atoms with Gasteiger partial charge in [0.05, 0.1) is 17.0 Å². The lowest BCUT2D eigenvalue weighted by molar-refractivity contribution is -0.137. The number of carboxylic acids is 1. The molecule has 0 bridgehead atoms. The summed E-state index contributed by atoms with van der Waals surface area (Å²) in [5.74, 6) is -1.13. The number of hydrogen-bond acceptors (Lipinski definition) is 3. The first-order valence-corrected chi connectivity index (χ1v) is 6.09. The van der Waals surface area contributed by atoms with Crippen LogP contribution >= 0.6 is 11.6 Å². The van der Waals surface area contributed by atoms with Gasteiger partial charge >= 0.3 is 5.97 Å². The Morgan fingerprint density at radius 2 is 2.33 bits per heavy atom. The average molecular weight is 269 g/mol. The van der Waals surface area contributed by atoms with E-state index >= 15 is 0 Å². The number of amides is 1. The minimum absolute atomic E-state index is 0.0242. The summed E-state index contributed by atoms with van der Waals surface area (Å²) in [7, 11) is 0. The summed E-state index contributed by atoms with van der Waals surface area (Å²) in [6.07, 6.45) is 4.44. The third-order valence-electron chi connectivity index (χ3n) is 3.05. The third kappa shape index (κ3) is 2.61. The molecule has 0 aromatic carbocycles. The number of aliphatic carboxylic acids is 1. The van der Waals surface area contributed by atoms with Gasteiger partial charge in [0.2, 0.25) is 0 Å². The lowest BCUT2D eigenvalue weighted by Crippen LogP contribution is -2.37. The van der Waals surface area contributed by atoms with Crippen LogP contribution in [0.1, 0.15) is 29.6 Å². The first kappa shape index (κ1) is 12.8. The van der Waals surface area contributed by atoms with Gasteiger partial charge in [0, 0.05) is 25.0 Å². The molecule has 0 radical (unpaired) electrons. The van der Waals surface area contributed by atoms with E-state index in [1.165, 1.54) is 12.4 Å². The Kier molecular flexibility index (Phi) is 3.81. The molecule has 6 heteroatoms. The summed E-state index contributed by atoms with van der Waals surface area (Å²) in [6.45, 7) is 0.571. The normalized spacial score (nSPS) is 18.9. The molecule has 1 amide bonds. The summed E-state index contributed by atoms with van der Waals surface area (Å²) in [4.78, 5) is 28.5. The van der Waals surface area contributed by atoms with Gasteiger partial charge in [0.15, 0.2) is 0 Å². The van der Waals surface area contributed by atoms with Gasteiger partial charge < -0.3 is 10.0 Å². The van der Waals surface area contributed by atoms with Gasteiger partial charge in [-0.15, -0.1) is 0 Å². The van der Waals surface area contributed by atoms with Crippen molar-refractivity contribution in [2.75, 3.05) is 6.54 Å². The van der Waals surface area contributed by atoms with Crippen LogP contribution < -0.4 is 0 Å². The molecule has 2 heterocycles. The number of aromatic nitrogens is 1. The Bertz CT molecular complexity index is 478. The van der Waals surface area contributed by atoms with Crippen molar-refractivity contribution in [3.63, 3.8) is 0 Å². The highest BCUT2D eigenvalue weighted by Crippen LogP contribution is 2.24. The summed E-state index contributed by atoms with van der Waals surface area (Å²) in [6, 6.07) is 1.31. The molecule has 0 spiro atoms. The molecule has 1 unspecified atom stereocenters. The molecule has 1 aliphatic heterocycles. The van der Waals surface area contributed by atoms with Gasteiger partial charge in [-0.05, 0) is 18.9 Å². The molecule has 1 N–H and O–H groups in total. The molecule has 1 saturated heterocycles. The van der Waals surface area contributed by atoms with E-state index in [9.17, 15) is 9.59 Å². The Morgan fingerprint density at radius 1 is 1.56 bits per heavy atom.